The molecule has 0 aliphatic heterocycles. The lowest BCUT2D eigenvalue weighted by Gasteiger charge is -2.04. The van der Waals surface area contributed by atoms with Crippen LogP contribution < -0.4 is 5.32 Å². The van der Waals surface area contributed by atoms with E-state index >= 15 is 0 Å². The summed E-state index contributed by atoms with van der Waals surface area (Å²) < 4.78 is 15.0. The fraction of sp³-hybridized carbons (Fsp3) is 0.667. The SMILES string of the molecule is COCCOCCCCNCc1ccc(CC(=O)OC)s1. The first-order chi connectivity index (χ1) is 10.3. The molecule has 1 rings (SSSR count). The number of carbonyl (C=O) groups is 1. The number of rotatable bonds is 12. The summed E-state index contributed by atoms with van der Waals surface area (Å²) in [6.07, 6.45) is 2.50. The van der Waals surface area contributed by atoms with Crippen molar-refractivity contribution in [2.75, 3.05) is 40.6 Å². The Bertz CT molecular complexity index is 395. The molecule has 1 aromatic heterocycles. The first-order valence-corrected chi connectivity index (χ1v) is 7.99. The van der Waals surface area contributed by atoms with E-state index in [9.17, 15) is 4.79 Å². The zero-order valence-corrected chi connectivity index (χ0v) is 13.7. The van der Waals surface area contributed by atoms with E-state index in [-0.39, 0.29) is 5.97 Å². The molecular formula is C15H25NO4S. The normalized spacial score (nSPS) is 10.8. The van der Waals surface area contributed by atoms with Crippen LogP contribution in [0.5, 0.6) is 0 Å². The molecule has 0 bridgehead atoms. The molecule has 6 heteroatoms. The first kappa shape index (κ1) is 18.1. The van der Waals surface area contributed by atoms with Crippen molar-refractivity contribution in [1.82, 2.24) is 5.32 Å². The summed E-state index contributed by atoms with van der Waals surface area (Å²) in [5, 5.41) is 3.40. The second-order valence-electron chi connectivity index (χ2n) is 4.61. The van der Waals surface area contributed by atoms with Crippen LogP contribution in [0.3, 0.4) is 0 Å². The zero-order chi connectivity index (χ0) is 15.3. The lowest BCUT2D eigenvalue weighted by molar-refractivity contribution is -0.139. The van der Waals surface area contributed by atoms with Gasteiger partial charge in [-0.2, -0.15) is 0 Å². The third-order valence-electron chi connectivity index (χ3n) is 2.89. The Kier molecular flexibility index (Phi) is 10.1. The molecule has 0 aromatic carbocycles. The largest absolute Gasteiger partial charge is 0.469 e. The highest BCUT2D eigenvalue weighted by Gasteiger charge is 2.05. The molecule has 0 aliphatic rings. The maximum absolute atomic E-state index is 11.2. The molecule has 1 heterocycles. The lowest BCUT2D eigenvalue weighted by atomic mass is 10.3. The molecule has 120 valence electrons. The van der Waals surface area contributed by atoms with Crippen molar-refractivity contribution in [2.45, 2.75) is 25.8 Å². The molecule has 0 saturated heterocycles. The molecule has 0 unspecified atom stereocenters. The molecule has 1 N–H and O–H groups in total. The highest BCUT2D eigenvalue weighted by atomic mass is 32.1. The van der Waals surface area contributed by atoms with Crippen molar-refractivity contribution in [3.05, 3.63) is 21.9 Å². The van der Waals surface area contributed by atoms with E-state index in [0.29, 0.717) is 19.6 Å². The predicted molar refractivity (Wildman–Crippen MR) is 83.7 cm³/mol. The van der Waals surface area contributed by atoms with E-state index in [1.165, 1.54) is 12.0 Å². The van der Waals surface area contributed by atoms with Crippen LogP contribution >= 0.6 is 11.3 Å². The predicted octanol–water partition coefficient (Wildman–Crippen LogP) is 2.00. The molecular weight excluding hydrogens is 290 g/mol. The van der Waals surface area contributed by atoms with Gasteiger partial charge >= 0.3 is 5.97 Å². The van der Waals surface area contributed by atoms with Gasteiger partial charge in [-0.1, -0.05) is 0 Å². The van der Waals surface area contributed by atoms with Gasteiger partial charge in [-0.25, -0.2) is 0 Å². The Labute approximate surface area is 130 Å². The number of ether oxygens (including phenoxy) is 3. The Hall–Kier alpha value is -0.950. The molecule has 0 radical (unpaired) electrons. The van der Waals surface area contributed by atoms with Gasteiger partial charge in [-0.3, -0.25) is 4.79 Å². The van der Waals surface area contributed by atoms with Crippen LogP contribution in [0, 0.1) is 0 Å². The average Bonchev–Trinajstić information content (AvgIpc) is 2.93. The summed E-state index contributed by atoms with van der Waals surface area (Å²) in [5.74, 6) is -0.190. The second-order valence-corrected chi connectivity index (χ2v) is 5.86. The number of hydrogen-bond acceptors (Lipinski definition) is 6. The van der Waals surface area contributed by atoms with Crippen LogP contribution in [0.2, 0.25) is 0 Å². The molecule has 0 fully saturated rings. The highest BCUT2D eigenvalue weighted by molar-refractivity contribution is 7.12. The van der Waals surface area contributed by atoms with Crippen LogP contribution in [-0.4, -0.2) is 46.6 Å². The molecule has 0 amide bonds. The van der Waals surface area contributed by atoms with E-state index in [1.54, 1.807) is 18.4 Å². The van der Waals surface area contributed by atoms with Gasteiger partial charge in [0.05, 0.1) is 26.7 Å². The number of esters is 1. The Morgan fingerprint density at radius 2 is 1.95 bits per heavy atom. The molecule has 0 saturated carbocycles. The minimum Gasteiger partial charge on any atom is -0.469 e. The van der Waals surface area contributed by atoms with E-state index < -0.39 is 0 Å². The maximum atomic E-state index is 11.2. The lowest BCUT2D eigenvalue weighted by Crippen LogP contribution is -2.14. The first-order valence-electron chi connectivity index (χ1n) is 7.18. The monoisotopic (exact) mass is 315 g/mol. The summed E-state index contributed by atoms with van der Waals surface area (Å²) in [6, 6.07) is 4.05. The molecule has 5 nitrogen and oxygen atoms in total. The Balaban J connectivity index is 2.01. The van der Waals surface area contributed by atoms with Crippen LogP contribution in [0.25, 0.3) is 0 Å². The third kappa shape index (κ3) is 8.83. The minimum atomic E-state index is -0.190. The van der Waals surface area contributed by atoms with Crippen molar-refractivity contribution < 1.29 is 19.0 Å². The van der Waals surface area contributed by atoms with Gasteiger partial charge in [0.15, 0.2) is 0 Å². The van der Waals surface area contributed by atoms with E-state index in [1.807, 2.05) is 6.07 Å². The number of hydrogen-bond donors (Lipinski definition) is 1. The van der Waals surface area contributed by atoms with Gasteiger partial charge in [0.1, 0.15) is 0 Å². The van der Waals surface area contributed by atoms with Crippen molar-refractivity contribution >= 4 is 17.3 Å². The second kappa shape index (κ2) is 11.7. The summed E-state index contributed by atoms with van der Waals surface area (Å²) >= 11 is 1.65. The summed E-state index contributed by atoms with van der Waals surface area (Å²) in [5.41, 5.74) is 0. The van der Waals surface area contributed by atoms with E-state index in [4.69, 9.17) is 9.47 Å². The van der Waals surface area contributed by atoms with Gasteiger partial charge in [0.25, 0.3) is 0 Å². The number of carbonyl (C=O) groups excluding carboxylic acids is 1. The fourth-order valence-electron chi connectivity index (χ4n) is 1.74. The number of methoxy groups -OCH3 is 2. The molecule has 0 aliphatic carbocycles. The van der Waals surface area contributed by atoms with Crippen molar-refractivity contribution in [3.8, 4) is 0 Å². The summed E-state index contributed by atoms with van der Waals surface area (Å²) in [7, 11) is 3.09. The molecule has 21 heavy (non-hydrogen) atoms. The van der Waals surface area contributed by atoms with Crippen LogP contribution in [0.4, 0.5) is 0 Å². The topological polar surface area (TPSA) is 56.8 Å². The quantitative estimate of drug-likeness (QED) is 0.472. The van der Waals surface area contributed by atoms with Crippen molar-refractivity contribution in [2.24, 2.45) is 0 Å². The summed E-state index contributed by atoms with van der Waals surface area (Å²) in [4.78, 5) is 13.5. The molecule has 1 aromatic rings. The van der Waals surface area contributed by atoms with Gasteiger partial charge in [0, 0.05) is 30.0 Å². The smallest absolute Gasteiger partial charge is 0.310 e. The molecule has 0 atom stereocenters. The van der Waals surface area contributed by atoms with Gasteiger partial charge in [-0.05, 0) is 31.5 Å². The maximum Gasteiger partial charge on any atom is 0.310 e. The number of thiophene rings is 1. The van der Waals surface area contributed by atoms with Crippen LogP contribution in [-0.2, 0) is 32.0 Å². The fourth-order valence-corrected chi connectivity index (χ4v) is 2.71. The van der Waals surface area contributed by atoms with Crippen LogP contribution in [0.15, 0.2) is 12.1 Å². The van der Waals surface area contributed by atoms with E-state index in [2.05, 4.69) is 16.1 Å². The third-order valence-corrected chi connectivity index (χ3v) is 3.97. The van der Waals surface area contributed by atoms with Gasteiger partial charge in [0.2, 0.25) is 0 Å². The Morgan fingerprint density at radius 1 is 1.14 bits per heavy atom. The highest BCUT2D eigenvalue weighted by Crippen LogP contribution is 2.17. The van der Waals surface area contributed by atoms with Crippen LogP contribution in [0.1, 0.15) is 22.6 Å². The van der Waals surface area contributed by atoms with Crippen molar-refractivity contribution in [3.63, 3.8) is 0 Å². The number of nitrogens with one attached hydrogen (secondary N) is 1. The van der Waals surface area contributed by atoms with Gasteiger partial charge in [-0.15, -0.1) is 11.3 Å². The van der Waals surface area contributed by atoms with Crippen molar-refractivity contribution in [1.29, 1.82) is 0 Å². The molecule has 0 spiro atoms. The summed E-state index contributed by atoms with van der Waals surface area (Å²) in [6.45, 7) is 3.92. The zero-order valence-electron chi connectivity index (χ0n) is 12.9. The Morgan fingerprint density at radius 3 is 2.71 bits per heavy atom. The van der Waals surface area contributed by atoms with E-state index in [0.717, 1.165) is 37.4 Å². The standard InChI is InChI=1S/C15H25NO4S/c1-18-9-10-20-8-4-3-7-16-12-14-6-5-13(21-14)11-15(17)19-2/h5-6,16H,3-4,7-12H2,1-2H3. The number of unbranched alkanes of at least 4 members (excludes halogenated alkanes) is 1. The van der Waals surface area contributed by atoms with Gasteiger partial charge < -0.3 is 19.5 Å². The average molecular weight is 315 g/mol. The minimum absolute atomic E-state index is 0.190.